The predicted octanol–water partition coefficient (Wildman–Crippen LogP) is 5.13. The molecule has 186 valence electrons. The van der Waals surface area contributed by atoms with Crippen LogP contribution in [0.4, 0.5) is 8.78 Å². The van der Waals surface area contributed by atoms with Crippen molar-refractivity contribution in [1.29, 1.82) is 10.5 Å². The lowest BCUT2D eigenvalue weighted by Gasteiger charge is -2.01. The molecule has 3 heterocycles. The molecular weight excluding hydrogens is 510 g/mol. The van der Waals surface area contributed by atoms with Gasteiger partial charge in [0.25, 0.3) is 0 Å². The maximum absolute atomic E-state index is 13.4. The van der Waals surface area contributed by atoms with Gasteiger partial charge in [0.2, 0.25) is 24.3 Å². The van der Waals surface area contributed by atoms with Crippen LogP contribution in [0.5, 0.6) is 0 Å². The van der Waals surface area contributed by atoms with Crippen molar-refractivity contribution in [1.82, 2.24) is 19.9 Å². The monoisotopic (exact) mass is 522 g/mol. The first-order valence-electron chi connectivity index (χ1n) is 12.0. The van der Waals surface area contributed by atoms with E-state index in [0.29, 0.717) is 65.5 Å². The summed E-state index contributed by atoms with van der Waals surface area (Å²) in [5.41, 5.74) is 4.80. The van der Waals surface area contributed by atoms with Crippen molar-refractivity contribution < 1.29 is 8.78 Å². The van der Waals surface area contributed by atoms with Crippen molar-refractivity contribution in [2.45, 2.75) is 0 Å². The third-order valence-corrected chi connectivity index (χ3v) is 6.85. The summed E-state index contributed by atoms with van der Waals surface area (Å²) in [6.45, 7) is 0. The summed E-state index contributed by atoms with van der Waals surface area (Å²) in [5, 5.41) is 22.4. The van der Waals surface area contributed by atoms with E-state index in [-0.39, 0.29) is 0 Å². The van der Waals surface area contributed by atoms with Crippen LogP contribution in [0.2, 0.25) is 0 Å². The third kappa shape index (κ3) is 3.48. The molecule has 10 heteroatoms. The first-order chi connectivity index (χ1) is 19.6. The molecule has 0 N–H and O–H groups in total. The highest BCUT2D eigenvalue weighted by atomic mass is 19.1. The molecule has 0 bridgehead atoms. The zero-order valence-electron chi connectivity index (χ0n) is 20.3. The van der Waals surface area contributed by atoms with Crippen LogP contribution >= 0.6 is 0 Å². The minimum Gasteiger partial charge on any atom is -0.241 e. The summed E-state index contributed by atoms with van der Waals surface area (Å²) >= 11 is 0. The Kier molecular flexibility index (Phi) is 5.09. The highest BCUT2D eigenvalue weighted by Crippen LogP contribution is 2.31. The number of fused-ring (bicyclic) bond motifs is 6. The first-order valence-corrected chi connectivity index (χ1v) is 12.0. The molecule has 0 spiro atoms. The molecule has 0 saturated carbocycles. The van der Waals surface area contributed by atoms with Crippen molar-refractivity contribution in [2.24, 2.45) is 9.98 Å². The van der Waals surface area contributed by atoms with Gasteiger partial charge in [0, 0.05) is 45.1 Å². The highest BCUT2D eigenvalue weighted by Gasteiger charge is 2.19. The minimum absolute atomic E-state index is 0.362. The summed E-state index contributed by atoms with van der Waals surface area (Å²) in [4.78, 5) is 25.4. The molecule has 0 saturated heterocycles. The number of nitrogens with zero attached hydrogens (tertiary/aromatic N) is 8. The Morgan fingerprint density at radius 1 is 0.525 bits per heavy atom. The van der Waals surface area contributed by atoms with Gasteiger partial charge < -0.3 is 0 Å². The number of benzene rings is 2. The molecule has 0 aliphatic rings. The normalized spacial score (nSPS) is 12.5. The van der Waals surface area contributed by atoms with E-state index in [1.54, 1.807) is 12.1 Å². The van der Waals surface area contributed by atoms with E-state index in [0.717, 1.165) is 11.1 Å². The van der Waals surface area contributed by atoms with Gasteiger partial charge in [-0.1, -0.05) is 24.3 Å². The van der Waals surface area contributed by atoms with E-state index in [1.807, 2.05) is 48.8 Å². The molecule has 4 aromatic carbocycles. The second-order valence-electron chi connectivity index (χ2n) is 9.00. The number of hydrogen-bond acceptors (Lipinski definition) is 8. The zero-order chi connectivity index (χ0) is 27.4. The Labute approximate surface area is 223 Å². The number of pyridine rings is 2. The van der Waals surface area contributed by atoms with E-state index in [1.165, 1.54) is 24.5 Å². The summed E-state index contributed by atoms with van der Waals surface area (Å²) < 4.78 is 26.7. The second kappa shape index (κ2) is 8.79. The van der Waals surface area contributed by atoms with Crippen LogP contribution in [0.1, 0.15) is 0 Å². The largest absolute Gasteiger partial charge is 0.241 e. The number of aromatic nitrogens is 4. The quantitative estimate of drug-likeness (QED) is 0.229. The van der Waals surface area contributed by atoms with E-state index in [4.69, 9.17) is 9.97 Å². The standard InChI is InChI=1S/C30H12F2N8/c31-23-7-3-17(11-35-23)15-1-5-19-21(9-15)25(37-13-33)29-27(19)39-30-26(38-14-34)22-10-16(2-6-20(22)28(30)40-29)18-4-8-24(32)36-12-18/h1-12H/b37-25-,38-26+. The van der Waals surface area contributed by atoms with Gasteiger partial charge in [0.05, 0.1) is 11.0 Å². The summed E-state index contributed by atoms with van der Waals surface area (Å²) in [7, 11) is 0. The molecular formula is C30H12F2N8. The average Bonchev–Trinajstić information content (AvgIpc) is 3.44. The highest BCUT2D eigenvalue weighted by molar-refractivity contribution is 6.15. The molecule has 7 rings (SSSR count). The molecule has 0 radical (unpaired) electrons. The van der Waals surface area contributed by atoms with Crippen molar-refractivity contribution in [3.63, 3.8) is 0 Å². The molecule has 0 aliphatic heterocycles. The van der Waals surface area contributed by atoms with E-state index in [2.05, 4.69) is 20.0 Å². The molecule has 7 aromatic rings. The number of hydrogen-bond donors (Lipinski definition) is 0. The maximum Gasteiger partial charge on any atom is 0.212 e. The van der Waals surface area contributed by atoms with Gasteiger partial charge in [-0.05, 0) is 47.5 Å². The van der Waals surface area contributed by atoms with Crippen LogP contribution in [0.25, 0.3) is 65.9 Å². The Balaban J connectivity index is 1.54. The summed E-state index contributed by atoms with van der Waals surface area (Å²) in [6, 6.07) is 16.9. The van der Waals surface area contributed by atoms with Crippen LogP contribution in [0.3, 0.4) is 0 Å². The Hall–Kier alpha value is -6.00. The molecule has 0 amide bonds. The fraction of sp³-hybridized carbons (Fsp3) is 0. The lowest BCUT2D eigenvalue weighted by Crippen LogP contribution is -2.03. The molecule has 0 atom stereocenters. The van der Waals surface area contributed by atoms with Gasteiger partial charge in [0.15, 0.2) is 0 Å². The fourth-order valence-electron chi connectivity index (χ4n) is 5.07. The van der Waals surface area contributed by atoms with Gasteiger partial charge in [0.1, 0.15) is 21.7 Å². The van der Waals surface area contributed by atoms with Gasteiger partial charge in [-0.3, -0.25) is 0 Å². The molecule has 40 heavy (non-hydrogen) atoms. The maximum atomic E-state index is 13.4. The molecule has 3 aromatic heterocycles. The average molecular weight is 522 g/mol. The van der Waals surface area contributed by atoms with Gasteiger partial charge in [-0.25, -0.2) is 19.9 Å². The lowest BCUT2D eigenvalue weighted by atomic mass is 10.0. The Morgan fingerprint density at radius 3 is 1.32 bits per heavy atom. The fourth-order valence-corrected chi connectivity index (χ4v) is 5.07. The number of nitriles is 2. The van der Waals surface area contributed by atoms with Gasteiger partial charge in [-0.2, -0.15) is 29.3 Å². The van der Waals surface area contributed by atoms with E-state index in [9.17, 15) is 19.3 Å². The second-order valence-corrected chi connectivity index (χ2v) is 9.00. The number of halogens is 2. The summed E-state index contributed by atoms with van der Waals surface area (Å²) in [5.74, 6) is -1.16. The third-order valence-electron chi connectivity index (χ3n) is 6.85. The van der Waals surface area contributed by atoms with Gasteiger partial charge in [-0.15, -0.1) is 0 Å². The SMILES string of the molecule is N#C/N=c1/c2cc(-c3ccc(F)nc3)ccc2c2nc3/c(=N/C#N)c4cc(-c5ccc(F)nc5)ccc4c3nc12. The molecule has 0 unspecified atom stereocenters. The van der Waals surface area contributed by atoms with E-state index >= 15 is 0 Å². The lowest BCUT2D eigenvalue weighted by molar-refractivity contribution is 0.583. The zero-order valence-corrected chi connectivity index (χ0v) is 20.3. The Morgan fingerprint density at radius 2 is 0.950 bits per heavy atom. The minimum atomic E-state index is -0.580. The van der Waals surface area contributed by atoms with Gasteiger partial charge >= 0.3 is 0 Å². The first kappa shape index (κ1) is 23.1. The summed E-state index contributed by atoms with van der Waals surface area (Å²) in [6.07, 6.45) is 6.59. The van der Waals surface area contributed by atoms with Crippen LogP contribution < -0.4 is 10.7 Å². The topological polar surface area (TPSA) is 124 Å². The smallest absolute Gasteiger partial charge is 0.212 e. The van der Waals surface area contributed by atoms with Crippen LogP contribution in [-0.2, 0) is 0 Å². The molecule has 0 fully saturated rings. The van der Waals surface area contributed by atoms with Crippen molar-refractivity contribution in [3.8, 4) is 34.6 Å². The Bertz CT molecular complexity index is 2190. The van der Waals surface area contributed by atoms with Crippen molar-refractivity contribution in [2.75, 3.05) is 0 Å². The predicted molar refractivity (Wildman–Crippen MR) is 143 cm³/mol. The van der Waals surface area contributed by atoms with Crippen LogP contribution in [0.15, 0.2) is 83.0 Å². The molecule has 0 aliphatic carbocycles. The van der Waals surface area contributed by atoms with Crippen LogP contribution in [-0.4, -0.2) is 19.9 Å². The van der Waals surface area contributed by atoms with E-state index < -0.39 is 11.9 Å². The molecule has 8 nitrogen and oxygen atoms in total. The van der Waals surface area contributed by atoms with Crippen molar-refractivity contribution in [3.05, 3.63) is 95.7 Å². The number of rotatable bonds is 2. The van der Waals surface area contributed by atoms with Crippen LogP contribution in [0, 0.1) is 34.8 Å². The van der Waals surface area contributed by atoms with Crippen molar-refractivity contribution >= 4 is 43.6 Å².